The normalized spacial score (nSPS) is 16.9. The molecule has 4 aromatic rings. The fraction of sp³-hybridized carbons (Fsp3) is 0.388. The van der Waals surface area contributed by atoms with E-state index in [9.17, 15) is 24.0 Å². The van der Waals surface area contributed by atoms with Crippen molar-refractivity contribution in [3.05, 3.63) is 107 Å². The number of nitrogens with one attached hydrogen (secondary N) is 5. The van der Waals surface area contributed by atoms with Gasteiger partial charge in [0, 0.05) is 54.0 Å². The van der Waals surface area contributed by atoms with Gasteiger partial charge in [0.25, 0.3) is 5.91 Å². The molecule has 5 amide bonds. The Kier molecular flexibility index (Phi) is 18.6. The van der Waals surface area contributed by atoms with E-state index in [-0.39, 0.29) is 39.1 Å². The third-order valence-corrected chi connectivity index (χ3v) is 11.6. The van der Waals surface area contributed by atoms with Crippen molar-refractivity contribution in [1.29, 1.82) is 5.41 Å². The molecule has 0 spiro atoms. The van der Waals surface area contributed by atoms with Gasteiger partial charge in [-0.05, 0) is 117 Å². The van der Waals surface area contributed by atoms with Crippen LogP contribution in [0.25, 0.3) is 22.3 Å². The maximum absolute atomic E-state index is 14.8. The molecule has 0 aromatic heterocycles. The van der Waals surface area contributed by atoms with Crippen LogP contribution in [0, 0.1) is 5.41 Å². The number of likely N-dealkylation sites (N-methyl/N-ethyl adjacent to an activating group) is 1. The number of carbonyl (C=O) groups excluding carboxylic acids is 5. The first-order valence-electron chi connectivity index (χ1n) is 22.2. The monoisotopic (exact) mass is 923 g/mol. The summed E-state index contributed by atoms with van der Waals surface area (Å²) in [6, 6.07) is 19.3. The van der Waals surface area contributed by atoms with Gasteiger partial charge in [0.2, 0.25) is 23.6 Å². The minimum Gasteiger partial charge on any atom is -0.492 e. The molecule has 4 aromatic carbocycles. The van der Waals surface area contributed by atoms with Crippen molar-refractivity contribution in [1.82, 2.24) is 26.2 Å². The number of ether oxygens (including phenoxy) is 2. The van der Waals surface area contributed by atoms with E-state index in [1.807, 2.05) is 25.1 Å². The fourth-order valence-electron chi connectivity index (χ4n) is 7.61. The summed E-state index contributed by atoms with van der Waals surface area (Å²) in [5, 5.41) is 20.2. The summed E-state index contributed by atoms with van der Waals surface area (Å²) >= 11 is 6.08. The van der Waals surface area contributed by atoms with E-state index < -0.39 is 59.7 Å². The van der Waals surface area contributed by atoms with Gasteiger partial charge in [-0.2, -0.15) is 0 Å². The molecule has 0 saturated carbocycles. The van der Waals surface area contributed by atoms with Crippen molar-refractivity contribution in [2.24, 2.45) is 17.2 Å². The average Bonchev–Trinajstić information content (AvgIpc) is 3.31. The van der Waals surface area contributed by atoms with Gasteiger partial charge in [-0.3, -0.25) is 24.0 Å². The van der Waals surface area contributed by atoms with Crippen LogP contribution in [-0.4, -0.2) is 104 Å². The molecular formula is C49H62ClN9O7. The zero-order valence-corrected chi connectivity index (χ0v) is 38.7. The number of benzene rings is 4. The van der Waals surface area contributed by atoms with Crippen molar-refractivity contribution in [3.8, 4) is 33.8 Å². The van der Waals surface area contributed by atoms with Crippen molar-refractivity contribution < 1.29 is 33.4 Å². The molecule has 0 aliphatic carbocycles. The number of hydrogen-bond acceptors (Lipinski definition) is 11. The lowest BCUT2D eigenvalue weighted by Gasteiger charge is -2.33. The van der Waals surface area contributed by atoms with E-state index in [0.717, 1.165) is 11.1 Å². The number of hydrogen-bond donors (Lipinski definition) is 8. The van der Waals surface area contributed by atoms with Gasteiger partial charge in [0.05, 0.1) is 6.04 Å². The lowest BCUT2D eigenvalue weighted by Crippen LogP contribution is -2.56. The number of nitrogens with two attached hydrogens (primary N) is 3. The summed E-state index contributed by atoms with van der Waals surface area (Å²) in [7, 11) is 1.47. The minimum atomic E-state index is -1.36. The Bertz CT molecular complexity index is 2340. The van der Waals surface area contributed by atoms with Crippen LogP contribution in [0.1, 0.15) is 74.0 Å². The van der Waals surface area contributed by atoms with Crippen LogP contribution in [0.4, 0.5) is 0 Å². The van der Waals surface area contributed by atoms with Gasteiger partial charge in [-0.25, -0.2) is 0 Å². The van der Waals surface area contributed by atoms with Gasteiger partial charge in [-0.15, -0.1) is 0 Å². The second-order valence-corrected chi connectivity index (χ2v) is 16.6. The largest absolute Gasteiger partial charge is 0.492 e. The first-order chi connectivity index (χ1) is 31.7. The summed E-state index contributed by atoms with van der Waals surface area (Å²) < 4.78 is 12.3. The zero-order chi connectivity index (χ0) is 47.9. The molecule has 5 rings (SSSR count). The SMILES string of the molecule is CCC(=N)C(C)NC(=O)C1Cc2ccc(OCCN)c(c2)-c2cc(ccc2OCCN)C(N(C)C(=O)C(CCCCN)NC(=O)c2ccc(-c3ccc(Cl)cc3)cc2)C(=O)NC(C)C(=O)N1. The molecule has 17 heteroatoms. The lowest BCUT2D eigenvalue weighted by molar-refractivity contribution is -0.141. The minimum absolute atomic E-state index is 0.0386. The Hall–Kier alpha value is -6.33. The molecule has 1 aliphatic rings. The molecule has 66 heavy (non-hydrogen) atoms. The van der Waals surface area contributed by atoms with Gasteiger partial charge in [-0.1, -0.05) is 54.9 Å². The zero-order valence-electron chi connectivity index (χ0n) is 38.0. The molecule has 4 bridgehead atoms. The number of carbonyl (C=O) groups is 5. The van der Waals surface area contributed by atoms with Gasteiger partial charge >= 0.3 is 0 Å². The summed E-state index contributed by atoms with van der Waals surface area (Å²) in [5.41, 5.74) is 22.0. The predicted octanol–water partition coefficient (Wildman–Crippen LogP) is 4.26. The standard InChI is InChI=1S/C49H62ClN9O7/c1-5-39(54)29(2)55-47(62)41-27-31-9-19-42(65-24-22-52)37(26-31)38-28-35(16-20-43(38)66-25-23-53)44(48(63)56-30(3)45(60)58-41)59(4)49(64)40(8-6-7-21-51)57-46(61)34-12-10-32(11-13-34)33-14-17-36(50)18-15-33/h9-20,26,28-30,40-41,44,54H,5-8,21-25,27,51-53H2,1-4H3,(H,55,62)(H,56,63)(H,57,61)(H,58,60). The lowest BCUT2D eigenvalue weighted by atomic mass is 9.93. The maximum atomic E-state index is 14.8. The molecule has 11 N–H and O–H groups in total. The van der Waals surface area contributed by atoms with Crippen LogP contribution in [0.2, 0.25) is 5.02 Å². The highest BCUT2D eigenvalue weighted by atomic mass is 35.5. The molecular weight excluding hydrogens is 862 g/mol. The van der Waals surface area contributed by atoms with E-state index in [0.29, 0.717) is 75.9 Å². The molecule has 352 valence electrons. The smallest absolute Gasteiger partial charge is 0.251 e. The number of unbranched alkanes of at least 4 members (excludes halogenated alkanes) is 1. The Morgan fingerprint density at radius 1 is 0.818 bits per heavy atom. The fourth-order valence-corrected chi connectivity index (χ4v) is 7.74. The Morgan fingerprint density at radius 3 is 2.03 bits per heavy atom. The summed E-state index contributed by atoms with van der Waals surface area (Å²) in [6.45, 7) is 6.08. The van der Waals surface area contributed by atoms with Crippen molar-refractivity contribution in [2.75, 3.05) is 39.9 Å². The van der Waals surface area contributed by atoms with Gasteiger partial charge in [0.1, 0.15) is 48.9 Å². The summed E-state index contributed by atoms with van der Waals surface area (Å²) in [5.74, 6) is -2.14. The molecule has 0 saturated heterocycles. The highest BCUT2D eigenvalue weighted by Crippen LogP contribution is 2.40. The molecule has 1 aliphatic heterocycles. The van der Waals surface area contributed by atoms with Crippen molar-refractivity contribution >= 4 is 46.8 Å². The number of amides is 5. The van der Waals surface area contributed by atoms with Crippen LogP contribution in [0.3, 0.4) is 0 Å². The quantitative estimate of drug-likeness (QED) is 0.0490. The number of halogens is 1. The third-order valence-electron chi connectivity index (χ3n) is 11.3. The maximum Gasteiger partial charge on any atom is 0.251 e. The van der Waals surface area contributed by atoms with Crippen LogP contribution in [-0.2, 0) is 25.6 Å². The topological polar surface area (TPSA) is 257 Å². The number of nitrogens with zero attached hydrogens (tertiary/aromatic N) is 1. The molecule has 16 nitrogen and oxygen atoms in total. The predicted molar refractivity (Wildman–Crippen MR) is 256 cm³/mol. The molecule has 5 atom stereocenters. The van der Waals surface area contributed by atoms with E-state index in [1.54, 1.807) is 73.7 Å². The molecule has 1 heterocycles. The highest BCUT2D eigenvalue weighted by Gasteiger charge is 2.36. The van der Waals surface area contributed by atoms with Crippen molar-refractivity contribution in [2.45, 2.75) is 83.1 Å². The number of fused-ring (bicyclic) bond motifs is 5. The van der Waals surface area contributed by atoms with E-state index in [1.165, 1.54) is 18.9 Å². The number of rotatable bonds is 19. The van der Waals surface area contributed by atoms with Crippen LogP contribution >= 0.6 is 11.6 Å². The van der Waals surface area contributed by atoms with E-state index in [4.69, 9.17) is 43.7 Å². The second-order valence-electron chi connectivity index (χ2n) is 16.2. The average molecular weight is 925 g/mol. The van der Waals surface area contributed by atoms with E-state index in [2.05, 4.69) is 21.3 Å². The Balaban J connectivity index is 1.58. The van der Waals surface area contributed by atoms with Gasteiger partial charge < -0.3 is 58.3 Å². The van der Waals surface area contributed by atoms with Crippen LogP contribution in [0.5, 0.6) is 11.5 Å². The summed E-state index contributed by atoms with van der Waals surface area (Å²) in [4.78, 5) is 72.4. The first-order valence-corrected chi connectivity index (χ1v) is 22.6. The Morgan fingerprint density at radius 2 is 1.42 bits per heavy atom. The van der Waals surface area contributed by atoms with E-state index >= 15 is 0 Å². The highest BCUT2D eigenvalue weighted by molar-refractivity contribution is 6.30. The molecule has 0 fully saturated rings. The molecule has 5 unspecified atom stereocenters. The van der Waals surface area contributed by atoms with Crippen molar-refractivity contribution in [3.63, 3.8) is 0 Å². The van der Waals surface area contributed by atoms with Crippen LogP contribution < -0.4 is 47.9 Å². The Labute approximate surface area is 391 Å². The molecule has 0 radical (unpaired) electrons. The van der Waals surface area contributed by atoms with Crippen LogP contribution in [0.15, 0.2) is 84.9 Å². The van der Waals surface area contributed by atoms with Gasteiger partial charge in [0.15, 0.2) is 0 Å². The second kappa shape index (κ2) is 24.3. The summed E-state index contributed by atoms with van der Waals surface area (Å²) in [6.07, 6.45) is 1.75. The third kappa shape index (κ3) is 13.2. The first kappa shape index (κ1) is 50.7.